The van der Waals surface area contributed by atoms with Crippen molar-refractivity contribution in [1.29, 1.82) is 0 Å². The Kier molecular flexibility index (Phi) is 11.0. The number of carbonyl (C=O) groups excluding carboxylic acids is 1. The van der Waals surface area contributed by atoms with E-state index in [9.17, 15) is 23.5 Å². The number of amides is 1. The minimum atomic E-state index is -3.38. The van der Waals surface area contributed by atoms with E-state index in [4.69, 9.17) is 5.11 Å². The highest BCUT2D eigenvalue weighted by Gasteiger charge is 2.52. The molecule has 0 bridgehead atoms. The number of carboxylic acids is 1. The molecule has 1 aromatic rings. The molecule has 2 rings (SSSR count). The number of hydrogen-bond acceptors (Lipinski definition) is 3. The highest BCUT2D eigenvalue weighted by molar-refractivity contribution is 5.86. The Morgan fingerprint density at radius 3 is 2.55 bits per heavy atom. The van der Waals surface area contributed by atoms with E-state index in [2.05, 4.69) is 12.1 Å². The van der Waals surface area contributed by atoms with Gasteiger partial charge in [-0.25, -0.2) is 0 Å². The van der Waals surface area contributed by atoms with Gasteiger partial charge in [-0.2, -0.15) is 8.78 Å². The molecule has 1 aliphatic rings. The van der Waals surface area contributed by atoms with Crippen molar-refractivity contribution in [3.63, 3.8) is 0 Å². The molecule has 1 heterocycles. The van der Waals surface area contributed by atoms with Gasteiger partial charge in [-0.15, -0.1) is 0 Å². The van der Waals surface area contributed by atoms with E-state index in [1.54, 1.807) is 12.2 Å². The molecule has 5 nitrogen and oxygen atoms in total. The van der Waals surface area contributed by atoms with Gasteiger partial charge in [-0.1, -0.05) is 68.7 Å². The average molecular weight is 466 g/mol. The zero-order chi connectivity index (χ0) is 24.3. The van der Waals surface area contributed by atoms with Crippen LogP contribution in [0.4, 0.5) is 8.78 Å². The van der Waals surface area contributed by atoms with Gasteiger partial charge >= 0.3 is 11.9 Å². The summed E-state index contributed by atoms with van der Waals surface area (Å²) in [6.45, 7) is 2.16. The van der Waals surface area contributed by atoms with Crippen molar-refractivity contribution >= 4 is 11.9 Å². The number of unbranched alkanes of at least 4 members (excludes halogenated alkanes) is 4. The summed E-state index contributed by atoms with van der Waals surface area (Å²) in [5, 5.41) is 19.1. The van der Waals surface area contributed by atoms with Crippen molar-refractivity contribution in [3.05, 3.63) is 48.0 Å². The summed E-state index contributed by atoms with van der Waals surface area (Å²) in [7, 11) is 0. The first-order valence-electron chi connectivity index (χ1n) is 12.0. The van der Waals surface area contributed by atoms with Crippen molar-refractivity contribution in [1.82, 2.24) is 4.90 Å². The van der Waals surface area contributed by atoms with Crippen molar-refractivity contribution in [2.24, 2.45) is 5.92 Å². The highest BCUT2D eigenvalue weighted by atomic mass is 19.3. The normalized spacial score (nSPS) is 19.8. The first-order valence-corrected chi connectivity index (χ1v) is 12.0. The molecule has 3 atom stereocenters. The third kappa shape index (κ3) is 9.24. The van der Waals surface area contributed by atoms with Gasteiger partial charge in [-0.3, -0.25) is 9.59 Å². The van der Waals surface area contributed by atoms with E-state index < -0.39 is 36.4 Å². The summed E-state index contributed by atoms with van der Waals surface area (Å²) in [6, 6.07) is 9.50. The lowest BCUT2D eigenvalue weighted by Crippen LogP contribution is -2.36. The van der Waals surface area contributed by atoms with E-state index in [0.29, 0.717) is 25.7 Å². The van der Waals surface area contributed by atoms with E-state index in [0.717, 1.165) is 25.7 Å². The summed E-state index contributed by atoms with van der Waals surface area (Å²) in [4.78, 5) is 23.9. The van der Waals surface area contributed by atoms with Crippen LogP contribution in [0.25, 0.3) is 0 Å². The fourth-order valence-corrected chi connectivity index (χ4v) is 4.21. The van der Waals surface area contributed by atoms with Crippen LogP contribution in [0.1, 0.15) is 70.3 Å². The number of carbonyl (C=O) groups is 2. The van der Waals surface area contributed by atoms with Gasteiger partial charge < -0.3 is 15.1 Å². The number of alkyl halides is 2. The predicted molar refractivity (Wildman–Crippen MR) is 124 cm³/mol. The Hall–Kier alpha value is -2.28. The zero-order valence-corrected chi connectivity index (χ0v) is 19.5. The minimum Gasteiger partial charge on any atom is -0.481 e. The summed E-state index contributed by atoms with van der Waals surface area (Å²) in [6.07, 6.45) is 8.15. The Bertz CT molecular complexity index is 769. The summed E-state index contributed by atoms with van der Waals surface area (Å²) in [5.74, 6) is -5.39. The Balaban J connectivity index is 1.77. The smallest absolute Gasteiger partial charge is 0.327 e. The lowest BCUT2D eigenvalue weighted by atomic mass is 9.95. The quantitative estimate of drug-likeness (QED) is 0.275. The first kappa shape index (κ1) is 27.0. The molecular weight excluding hydrogens is 428 g/mol. The fourth-order valence-electron chi connectivity index (χ4n) is 4.21. The van der Waals surface area contributed by atoms with E-state index in [1.165, 1.54) is 10.5 Å². The molecule has 1 saturated heterocycles. The molecule has 1 aromatic carbocycles. The molecule has 0 aliphatic carbocycles. The average Bonchev–Trinajstić information content (AvgIpc) is 3.00. The highest BCUT2D eigenvalue weighted by Crippen LogP contribution is 2.34. The maximum absolute atomic E-state index is 14.0. The van der Waals surface area contributed by atoms with Gasteiger partial charge in [0.25, 0.3) is 5.91 Å². The van der Waals surface area contributed by atoms with E-state index >= 15 is 0 Å². The largest absolute Gasteiger partial charge is 0.481 e. The number of hydrogen-bond donors (Lipinski definition) is 2. The lowest BCUT2D eigenvalue weighted by molar-refractivity contribution is -0.148. The number of aryl methyl sites for hydroxylation is 1. The molecule has 0 unspecified atom stereocenters. The monoisotopic (exact) mass is 465 g/mol. The second-order valence-electron chi connectivity index (χ2n) is 9.12. The van der Waals surface area contributed by atoms with Gasteiger partial charge in [0, 0.05) is 19.4 Å². The summed E-state index contributed by atoms with van der Waals surface area (Å²) < 4.78 is 28.1. The summed E-state index contributed by atoms with van der Waals surface area (Å²) >= 11 is 0. The molecule has 0 radical (unpaired) electrons. The van der Waals surface area contributed by atoms with Crippen molar-refractivity contribution in [2.75, 3.05) is 6.54 Å². The van der Waals surface area contributed by atoms with E-state index in [-0.39, 0.29) is 18.9 Å². The summed E-state index contributed by atoms with van der Waals surface area (Å²) in [5.41, 5.74) is 1.29. The van der Waals surface area contributed by atoms with Gasteiger partial charge in [0.05, 0.1) is 12.1 Å². The number of aliphatic hydroxyl groups is 1. The number of aliphatic carboxylic acids is 1. The number of nitrogens with zero attached hydrogens (tertiary/aromatic N) is 1. The fraction of sp³-hybridized carbons (Fsp3) is 0.615. The molecule has 0 spiro atoms. The van der Waals surface area contributed by atoms with Crippen LogP contribution in [-0.2, 0) is 16.0 Å². The molecule has 184 valence electrons. The van der Waals surface area contributed by atoms with Crippen LogP contribution in [0.15, 0.2) is 42.5 Å². The minimum absolute atomic E-state index is 0.00248. The van der Waals surface area contributed by atoms with Crippen molar-refractivity contribution in [2.45, 2.75) is 89.2 Å². The number of likely N-dealkylation sites (tertiary alicyclic amines) is 1. The lowest BCUT2D eigenvalue weighted by Gasteiger charge is -2.22. The maximum atomic E-state index is 14.0. The van der Waals surface area contributed by atoms with E-state index in [1.807, 2.05) is 25.1 Å². The Labute approximate surface area is 195 Å². The topological polar surface area (TPSA) is 77.8 Å². The van der Waals surface area contributed by atoms with Crippen LogP contribution in [0.3, 0.4) is 0 Å². The van der Waals surface area contributed by atoms with Gasteiger partial charge in [0.2, 0.25) is 0 Å². The maximum Gasteiger partial charge on any atom is 0.327 e. The van der Waals surface area contributed by atoms with Crippen molar-refractivity contribution in [3.8, 4) is 0 Å². The first-order chi connectivity index (χ1) is 15.7. The number of rotatable bonds is 15. The van der Waals surface area contributed by atoms with Crippen LogP contribution in [-0.4, -0.2) is 51.6 Å². The van der Waals surface area contributed by atoms with Gasteiger partial charge in [-0.05, 0) is 43.6 Å². The van der Waals surface area contributed by atoms with Crippen LogP contribution < -0.4 is 0 Å². The Morgan fingerprint density at radius 1 is 1.15 bits per heavy atom. The second-order valence-corrected chi connectivity index (χ2v) is 9.12. The van der Waals surface area contributed by atoms with Gasteiger partial charge in [0.15, 0.2) is 0 Å². The third-order valence-electron chi connectivity index (χ3n) is 6.31. The van der Waals surface area contributed by atoms with Crippen molar-refractivity contribution < 1.29 is 28.6 Å². The molecule has 1 aliphatic heterocycles. The number of carboxylic acid groups (broad SMARTS) is 1. The molecule has 2 N–H and O–H groups in total. The molecule has 0 saturated carbocycles. The molecular formula is C26H37F2NO4. The molecule has 1 fully saturated rings. The zero-order valence-electron chi connectivity index (χ0n) is 19.5. The van der Waals surface area contributed by atoms with Crippen LogP contribution >= 0.6 is 0 Å². The number of aliphatic hydroxyl groups excluding tert-OH is 1. The number of benzene rings is 1. The molecule has 33 heavy (non-hydrogen) atoms. The molecule has 7 heteroatoms. The predicted octanol–water partition coefficient (Wildman–Crippen LogP) is 5.22. The Morgan fingerprint density at radius 2 is 1.85 bits per heavy atom. The molecule has 1 amide bonds. The molecule has 0 aromatic heterocycles. The number of halogens is 2. The SMILES string of the molecule is C[C@@H](CCCCc1ccccc1)[C@H](O)C=C[C@H]1CC(F)(F)C(=O)N1CCCCCCC(=O)O. The van der Waals surface area contributed by atoms with Crippen LogP contribution in [0, 0.1) is 5.92 Å². The van der Waals surface area contributed by atoms with Gasteiger partial charge in [0.1, 0.15) is 0 Å². The standard InChI is InChI=1S/C26H37F2NO4/c1-20(11-8-9-14-21-12-5-4-6-13-21)23(30)17-16-22-19-26(27,28)25(33)29(22)18-10-3-2-7-15-24(31)32/h4-6,12-13,16-17,20,22-23,30H,2-3,7-11,14-15,18-19H2,1H3,(H,31,32)/t20-,22-,23+/m0/s1. The second kappa shape index (κ2) is 13.4. The third-order valence-corrected chi connectivity index (χ3v) is 6.31. The van der Waals surface area contributed by atoms with Crippen LogP contribution in [0.2, 0.25) is 0 Å². The van der Waals surface area contributed by atoms with Crippen LogP contribution in [0.5, 0.6) is 0 Å².